The fraction of sp³-hybridized carbons (Fsp3) is 0.929. The molecule has 18 heavy (non-hydrogen) atoms. The third kappa shape index (κ3) is 2.16. The van der Waals surface area contributed by atoms with Gasteiger partial charge in [-0.25, -0.2) is 0 Å². The number of carbonyl (C=O) groups excluding carboxylic acids is 1. The number of amides is 1. The molecule has 0 aromatic carbocycles. The predicted octanol–water partition coefficient (Wildman–Crippen LogP) is 1.15. The number of fused-ring (bicyclic) bond motifs is 1. The molecule has 1 aliphatic carbocycles. The standard InChI is InChI=1S/C14H24N2O2/c1-10-11(4-3-7-15-10)14(17)16-8-9-18-13-6-2-5-12(13)16/h10-13,15H,2-9H2,1H3. The minimum atomic E-state index is 0.179. The van der Waals surface area contributed by atoms with Gasteiger partial charge < -0.3 is 15.0 Å². The smallest absolute Gasteiger partial charge is 0.227 e. The van der Waals surface area contributed by atoms with Crippen LogP contribution in [-0.2, 0) is 9.53 Å². The lowest BCUT2D eigenvalue weighted by Gasteiger charge is -2.41. The van der Waals surface area contributed by atoms with Crippen LogP contribution < -0.4 is 5.32 Å². The SMILES string of the molecule is CC1NCCCC1C(=O)N1CCOC2CCCC21. The summed E-state index contributed by atoms with van der Waals surface area (Å²) in [6.07, 6.45) is 5.95. The van der Waals surface area contributed by atoms with Crippen molar-refractivity contribution in [3.63, 3.8) is 0 Å². The lowest BCUT2D eigenvalue weighted by atomic mass is 9.90. The second-order valence-electron chi connectivity index (χ2n) is 5.93. The molecule has 0 spiro atoms. The van der Waals surface area contributed by atoms with Gasteiger partial charge in [-0.05, 0) is 45.6 Å². The van der Waals surface area contributed by atoms with E-state index in [4.69, 9.17) is 4.74 Å². The Bertz CT molecular complexity index is 321. The van der Waals surface area contributed by atoms with E-state index in [-0.39, 0.29) is 5.92 Å². The molecule has 4 nitrogen and oxygen atoms in total. The molecule has 1 N–H and O–H groups in total. The first-order valence-corrected chi connectivity index (χ1v) is 7.43. The van der Waals surface area contributed by atoms with E-state index >= 15 is 0 Å². The maximum atomic E-state index is 12.7. The van der Waals surface area contributed by atoms with Crippen LogP contribution in [0.3, 0.4) is 0 Å². The number of hydrogen-bond acceptors (Lipinski definition) is 3. The highest BCUT2D eigenvalue weighted by Gasteiger charge is 2.41. The van der Waals surface area contributed by atoms with Crippen LogP contribution in [0.5, 0.6) is 0 Å². The number of hydrogen-bond donors (Lipinski definition) is 1. The van der Waals surface area contributed by atoms with Gasteiger partial charge in [-0.1, -0.05) is 0 Å². The molecule has 3 aliphatic rings. The lowest BCUT2D eigenvalue weighted by molar-refractivity contribution is -0.150. The van der Waals surface area contributed by atoms with Gasteiger partial charge in [0.2, 0.25) is 5.91 Å². The van der Waals surface area contributed by atoms with Crippen LogP contribution in [0.4, 0.5) is 0 Å². The number of ether oxygens (including phenoxy) is 1. The van der Waals surface area contributed by atoms with Crippen LogP contribution in [0.15, 0.2) is 0 Å². The van der Waals surface area contributed by atoms with E-state index in [0.717, 1.165) is 45.4 Å². The van der Waals surface area contributed by atoms with Crippen LogP contribution in [0.2, 0.25) is 0 Å². The molecule has 0 radical (unpaired) electrons. The summed E-state index contributed by atoms with van der Waals surface area (Å²) in [7, 11) is 0. The summed E-state index contributed by atoms with van der Waals surface area (Å²) in [4.78, 5) is 14.9. The van der Waals surface area contributed by atoms with Crippen LogP contribution >= 0.6 is 0 Å². The molecule has 4 unspecified atom stereocenters. The Morgan fingerprint density at radius 3 is 3.00 bits per heavy atom. The van der Waals surface area contributed by atoms with E-state index < -0.39 is 0 Å². The van der Waals surface area contributed by atoms with Gasteiger partial charge in [0.25, 0.3) is 0 Å². The molecule has 2 aliphatic heterocycles. The lowest BCUT2D eigenvalue weighted by Crippen LogP contribution is -2.56. The van der Waals surface area contributed by atoms with Crippen molar-refractivity contribution in [1.29, 1.82) is 0 Å². The maximum Gasteiger partial charge on any atom is 0.227 e. The average Bonchev–Trinajstić information content (AvgIpc) is 2.86. The van der Waals surface area contributed by atoms with E-state index in [2.05, 4.69) is 17.1 Å². The predicted molar refractivity (Wildman–Crippen MR) is 69.3 cm³/mol. The Hall–Kier alpha value is -0.610. The van der Waals surface area contributed by atoms with Crippen molar-refractivity contribution in [2.24, 2.45) is 5.92 Å². The van der Waals surface area contributed by atoms with Crippen molar-refractivity contribution in [3.8, 4) is 0 Å². The highest BCUT2D eigenvalue weighted by molar-refractivity contribution is 5.80. The van der Waals surface area contributed by atoms with E-state index in [1.807, 2.05) is 0 Å². The molecule has 0 bridgehead atoms. The number of rotatable bonds is 1. The Labute approximate surface area is 109 Å². The highest BCUT2D eigenvalue weighted by Crippen LogP contribution is 2.32. The molecule has 102 valence electrons. The van der Waals surface area contributed by atoms with Crippen molar-refractivity contribution in [2.75, 3.05) is 19.7 Å². The zero-order chi connectivity index (χ0) is 12.5. The van der Waals surface area contributed by atoms with Crippen molar-refractivity contribution in [2.45, 2.75) is 57.2 Å². The summed E-state index contributed by atoms with van der Waals surface area (Å²) in [5, 5.41) is 3.43. The second kappa shape index (κ2) is 5.17. The van der Waals surface area contributed by atoms with Gasteiger partial charge in [-0.15, -0.1) is 0 Å². The summed E-state index contributed by atoms with van der Waals surface area (Å²) in [5.74, 6) is 0.549. The molecule has 0 aromatic heterocycles. The van der Waals surface area contributed by atoms with Gasteiger partial charge in [0.05, 0.1) is 24.7 Å². The first kappa shape index (κ1) is 12.4. The molecule has 1 amide bonds. The van der Waals surface area contributed by atoms with Gasteiger partial charge >= 0.3 is 0 Å². The quantitative estimate of drug-likeness (QED) is 0.761. The van der Waals surface area contributed by atoms with Crippen LogP contribution in [0.25, 0.3) is 0 Å². The van der Waals surface area contributed by atoms with Gasteiger partial charge in [0, 0.05) is 12.6 Å². The van der Waals surface area contributed by atoms with Crippen LogP contribution in [0.1, 0.15) is 39.0 Å². The molecule has 4 atom stereocenters. The largest absolute Gasteiger partial charge is 0.374 e. The highest BCUT2D eigenvalue weighted by atomic mass is 16.5. The van der Waals surface area contributed by atoms with Crippen LogP contribution in [-0.4, -0.2) is 48.7 Å². The van der Waals surface area contributed by atoms with E-state index in [9.17, 15) is 4.79 Å². The van der Waals surface area contributed by atoms with E-state index in [1.54, 1.807) is 0 Å². The Morgan fingerprint density at radius 2 is 2.17 bits per heavy atom. The number of piperidine rings is 1. The molecule has 1 saturated carbocycles. The van der Waals surface area contributed by atoms with Crippen molar-refractivity contribution in [1.82, 2.24) is 10.2 Å². The van der Waals surface area contributed by atoms with Crippen molar-refractivity contribution >= 4 is 5.91 Å². The third-order valence-electron chi connectivity index (χ3n) is 4.84. The minimum Gasteiger partial charge on any atom is -0.374 e. The number of morpholine rings is 1. The summed E-state index contributed by atoms with van der Waals surface area (Å²) in [6.45, 7) is 4.72. The monoisotopic (exact) mass is 252 g/mol. The fourth-order valence-corrected chi connectivity index (χ4v) is 3.79. The Balaban J connectivity index is 1.70. The molecule has 3 rings (SSSR count). The maximum absolute atomic E-state index is 12.7. The molecular weight excluding hydrogens is 228 g/mol. The van der Waals surface area contributed by atoms with Crippen molar-refractivity contribution < 1.29 is 9.53 Å². The number of nitrogens with one attached hydrogen (secondary N) is 1. The molecule has 3 fully saturated rings. The van der Waals surface area contributed by atoms with E-state index in [1.165, 1.54) is 6.42 Å². The van der Waals surface area contributed by atoms with Crippen LogP contribution in [0, 0.1) is 5.92 Å². The van der Waals surface area contributed by atoms with Gasteiger partial charge in [-0.2, -0.15) is 0 Å². The van der Waals surface area contributed by atoms with Gasteiger partial charge in [-0.3, -0.25) is 4.79 Å². The normalized spacial score (nSPS) is 40.6. The fourth-order valence-electron chi connectivity index (χ4n) is 3.79. The number of carbonyl (C=O) groups is 1. The van der Waals surface area contributed by atoms with E-state index in [0.29, 0.717) is 24.1 Å². The zero-order valence-electron chi connectivity index (χ0n) is 11.2. The van der Waals surface area contributed by atoms with Gasteiger partial charge in [0.15, 0.2) is 0 Å². The average molecular weight is 252 g/mol. The minimum absolute atomic E-state index is 0.179. The van der Waals surface area contributed by atoms with Crippen molar-refractivity contribution in [3.05, 3.63) is 0 Å². The first-order valence-electron chi connectivity index (χ1n) is 7.43. The summed E-state index contributed by atoms with van der Waals surface area (Å²) in [5.41, 5.74) is 0. The summed E-state index contributed by atoms with van der Waals surface area (Å²) < 4.78 is 5.79. The molecular formula is C14H24N2O2. The second-order valence-corrected chi connectivity index (χ2v) is 5.93. The summed E-state index contributed by atoms with van der Waals surface area (Å²) in [6, 6.07) is 0.689. The Kier molecular flexibility index (Phi) is 3.57. The topological polar surface area (TPSA) is 41.6 Å². The molecule has 0 aromatic rings. The summed E-state index contributed by atoms with van der Waals surface area (Å²) >= 11 is 0. The Morgan fingerprint density at radius 1 is 1.28 bits per heavy atom. The first-order chi connectivity index (χ1) is 8.77. The molecule has 4 heteroatoms. The zero-order valence-corrected chi connectivity index (χ0v) is 11.2. The van der Waals surface area contributed by atoms with Gasteiger partial charge in [0.1, 0.15) is 0 Å². The third-order valence-corrected chi connectivity index (χ3v) is 4.84. The number of nitrogens with zero attached hydrogens (tertiary/aromatic N) is 1. The molecule has 2 saturated heterocycles. The molecule has 2 heterocycles.